The number of hydrogen-bond donors (Lipinski definition) is 0. The van der Waals surface area contributed by atoms with E-state index < -0.39 is 8.07 Å². The second-order valence-electron chi connectivity index (χ2n) is 4.11. The van der Waals surface area contributed by atoms with Gasteiger partial charge in [-0.15, -0.1) is 0 Å². The molecule has 0 unspecified atom stereocenters. The van der Waals surface area contributed by atoms with Gasteiger partial charge in [0.15, 0.2) is 0 Å². The van der Waals surface area contributed by atoms with Crippen molar-refractivity contribution in [3.05, 3.63) is 0 Å². The molecule has 1 aliphatic carbocycles. The van der Waals surface area contributed by atoms with Crippen molar-refractivity contribution in [2.45, 2.75) is 38.1 Å². The summed E-state index contributed by atoms with van der Waals surface area (Å²) in [6.07, 6.45) is 4.30. The van der Waals surface area contributed by atoms with Crippen molar-refractivity contribution in [1.29, 1.82) is 0 Å². The van der Waals surface area contributed by atoms with Gasteiger partial charge in [0.2, 0.25) is 0 Å². The van der Waals surface area contributed by atoms with Gasteiger partial charge in [0.1, 0.15) is 0 Å². The van der Waals surface area contributed by atoms with E-state index in [4.69, 9.17) is 4.74 Å². The molecule has 66 valence electrons. The average Bonchev–Trinajstić information content (AvgIpc) is 2.65. The van der Waals surface area contributed by atoms with Crippen LogP contribution in [0.1, 0.15) is 12.8 Å². The lowest BCUT2D eigenvalue weighted by Crippen LogP contribution is -2.33. The highest BCUT2D eigenvalue weighted by Gasteiger charge is 2.27. The van der Waals surface area contributed by atoms with Gasteiger partial charge in [0.05, 0.1) is 14.2 Å². The molecule has 11 heavy (non-hydrogen) atoms. The minimum absolute atomic E-state index is 0.636. The number of hydrogen-bond acceptors (Lipinski definition) is 1. The van der Waals surface area contributed by atoms with Crippen LogP contribution in [0.2, 0.25) is 19.1 Å². The minimum atomic E-state index is -0.995. The molecule has 0 aromatic rings. The molecule has 1 aliphatic rings. The Morgan fingerprint density at radius 3 is 2.55 bits per heavy atom. The number of rotatable bonds is 5. The van der Waals surface area contributed by atoms with Crippen LogP contribution in [0.4, 0.5) is 0 Å². The molecule has 0 aliphatic heterocycles. The largest absolute Gasteiger partial charge is 0.382 e. The minimum Gasteiger partial charge on any atom is -0.382 e. The summed E-state index contributed by atoms with van der Waals surface area (Å²) in [5.41, 5.74) is 0. The van der Waals surface area contributed by atoms with E-state index in [1.54, 1.807) is 0 Å². The molecule has 1 rings (SSSR count). The van der Waals surface area contributed by atoms with Gasteiger partial charge in [-0.25, -0.2) is 0 Å². The zero-order valence-corrected chi connectivity index (χ0v) is 9.99. The van der Waals surface area contributed by atoms with Crippen molar-refractivity contribution >= 4 is 24.0 Å². The van der Waals surface area contributed by atoms with Gasteiger partial charge in [-0.3, -0.25) is 0 Å². The first-order valence-corrected chi connectivity index (χ1v) is 8.85. The van der Waals surface area contributed by atoms with Crippen LogP contribution < -0.4 is 0 Å². The van der Waals surface area contributed by atoms with Crippen LogP contribution in [0.3, 0.4) is 0 Å². The quantitative estimate of drug-likeness (QED) is 0.527. The van der Waals surface area contributed by atoms with Crippen LogP contribution in [0.5, 0.6) is 0 Å². The lowest BCUT2D eigenvalue weighted by molar-refractivity contribution is 0.157. The highest BCUT2D eigenvalue weighted by Crippen LogP contribution is 2.25. The van der Waals surface area contributed by atoms with Crippen LogP contribution in [-0.2, 0) is 4.74 Å². The zero-order valence-electron chi connectivity index (χ0n) is 7.40. The van der Waals surface area contributed by atoms with Crippen LogP contribution in [0.25, 0.3) is 0 Å². The third-order valence-electron chi connectivity index (χ3n) is 2.01. The first kappa shape index (κ1) is 9.74. The van der Waals surface area contributed by atoms with Gasteiger partial charge in [0.25, 0.3) is 0 Å². The van der Waals surface area contributed by atoms with Crippen molar-refractivity contribution in [2.24, 2.45) is 0 Å². The Bertz CT molecular complexity index is 123. The maximum absolute atomic E-state index is 5.71. The van der Waals surface area contributed by atoms with Crippen molar-refractivity contribution in [1.82, 2.24) is 0 Å². The summed E-state index contributed by atoms with van der Waals surface area (Å²) >= 11 is 3.49. The van der Waals surface area contributed by atoms with Crippen LogP contribution in [0.15, 0.2) is 0 Å². The fraction of sp³-hybridized carbons (Fsp3) is 1.00. The van der Waals surface area contributed by atoms with Crippen molar-refractivity contribution in [2.75, 3.05) is 11.6 Å². The Hall–Kier alpha value is 0.657. The number of halogens is 1. The summed E-state index contributed by atoms with van der Waals surface area (Å²) in [5, 5.41) is 1.14. The molecule has 0 spiro atoms. The van der Waals surface area contributed by atoms with E-state index in [0.717, 1.165) is 11.6 Å². The van der Waals surface area contributed by atoms with Crippen molar-refractivity contribution in [3.63, 3.8) is 0 Å². The maximum atomic E-state index is 5.71. The molecule has 0 aromatic heterocycles. The first-order chi connectivity index (χ1) is 5.14. The maximum Gasteiger partial charge on any atom is 0.0784 e. The molecule has 0 N–H and O–H groups in total. The average molecular weight is 237 g/mol. The van der Waals surface area contributed by atoms with Gasteiger partial charge in [-0.1, -0.05) is 29.0 Å². The second kappa shape index (κ2) is 4.05. The molecule has 0 saturated heterocycles. The highest BCUT2D eigenvalue weighted by molar-refractivity contribution is 9.09. The molecular weight excluding hydrogens is 220 g/mol. The molecule has 0 amide bonds. The second-order valence-corrected chi connectivity index (χ2v) is 10.0. The Labute approximate surface area is 78.7 Å². The molecule has 0 bridgehead atoms. The molecule has 0 atom stereocenters. The molecule has 0 aromatic carbocycles. The standard InChI is InChI=1S/C8H17BrOSi/c1-11(2,6-5-9)7-10-8-3-4-8/h8H,3-7H2,1-2H3. The summed E-state index contributed by atoms with van der Waals surface area (Å²) < 4.78 is 5.71. The van der Waals surface area contributed by atoms with E-state index in [1.807, 2.05) is 0 Å². The third kappa shape index (κ3) is 4.28. The predicted molar refractivity (Wildman–Crippen MR) is 55.1 cm³/mol. The van der Waals surface area contributed by atoms with Crippen LogP contribution in [-0.4, -0.2) is 25.7 Å². The molecule has 1 nitrogen and oxygen atoms in total. The summed E-state index contributed by atoms with van der Waals surface area (Å²) in [5.74, 6) is 0. The lowest BCUT2D eigenvalue weighted by Gasteiger charge is -2.20. The van der Waals surface area contributed by atoms with Gasteiger partial charge in [0, 0.05) is 11.6 Å². The highest BCUT2D eigenvalue weighted by atomic mass is 79.9. The Kier molecular flexibility index (Phi) is 3.59. The van der Waals surface area contributed by atoms with Gasteiger partial charge in [-0.2, -0.15) is 0 Å². The number of ether oxygens (including phenoxy) is 1. The fourth-order valence-corrected chi connectivity index (χ4v) is 5.47. The summed E-state index contributed by atoms with van der Waals surface area (Å²) in [6.45, 7) is 4.80. The Balaban J connectivity index is 2.09. The molecule has 3 heteroatoms. The van der Waals surface area contributed by atoms with Gasteiger partial charge >= 0.3 is 0 Å². The van der Waals surface area contributed by atoms with E-state index in [1.165, 1.54) is 18.9 Å². The predicted octanol–water partition coefficient (Wildman–Crippen LogP) is 2.81. The summed E-state index contributed by atoms with van der Waals surface area (Å²) in [4.78, 5) is 0. The van der Waals surface area contributed by atoms with E-state index >= 15 is 0 Å². The Morgan fingerprint density at radius 2 is 2.09 bits per heavy atom. The third-order valence-corrected chi connectivity index (χ3v) is 5.69. The molecule has 0 radical (unpaired) electrons. The van der Waals surface area contributed by atoms with E-state index in [0.29, 0.717) is 6.10 Å². The zero-order chi connectivity index (χ0) is 8.32. The fourth-order valence-electron chi connectivity index (χ4n) is 0.906. The van der Waals surface area contributed by atoms with E-state index in [9.17, 15) is 0 Å². The molecule has 1 saturated carbocycles. The smallest absolute Gasteiger partial charge is 0.0784 e. The normalized spacial score (nSPS) is 18.8. The molecular formula is C8H17BrOSi. The number of alkyl halides is 1. The van der Waals surface area contributed by atoms with Crippen molar-refractivity contribution in [3.8, 4) is 0 Å². The topological polar surface area (TPSA) is 9.23 Å². The summed E-state index contributed by atoms with van der Waals surface area (Å²) in [6, 6.07) is 1.33. The van der Waals surface area contributed by atoms with Crippen LogP contribution in [0, 0.1) is 0 Å². The summed E-state index contributed by atoms with van der Waals surface area (Å²) in [7, 11) is -0.995. The van der Waals surface area contributed by atoms with Gasteiger partial charge < -0.3 is 4.74 Å². The first-order valence-electron chi connectivity index (χ1n) is 4.32. The monoisotopic (exact) mass is 236 g/mol. The van der Waals surface area contributed by atoms with Crippen LogP contribution >= 0.6 is 15.9 Å². The van der Waals surface area contributed by atoms with E-state index in [-0.39, 0.29) is 0 Å². The SMILES string of the molecule is C[Si](C)(CCBr)COC1CC1. The Morgan fingerprint density at radius 1 is 1.45 bits per heavy atom. The molecule has 0 heterocycles. The van der Waals surface area contributed by atoms with Gasteiger partial charge in [-0.05, 0) is 18.9 Å². The lowest BCUT2D eigenvalue weighted by atomic mass is 10.8. The molecule has 1 fully saturated rings. The van der Waals surface area contributed by atoms with Crippen molar-refractivity contribution < 1.29 is 4.74 Å². The van der Waals surface area contributed by atoms with E-state index in [2.05, 4.69) is 29.0 Å².